The molecule has 0 aliphatic carbocycles. The van der Waals surface area contributed by atoms with Crippen molar-refractivity contribution in [1.29, 1.82) is 0 Å². The van der Waals surface area contributed by atoms with E-state index in [1.807, 2.05) is 54.8 Å². The van der Waals surface area contributed by atoms with Crippen molar-refractivity contribution >= 4 is 35.2 Å². The Morgan fingerprint density at radius 1 is 1.11 bits per heavy atom. The topological polar surface area (TPSA) is 17.1 Å². The van der Waals surface area contributed by atoms with Crippen LogP contribution in [0.4, 0.5) is 0 Å². The highest BCUT2D eigenvalue weighted by Gasteiger charge is 2.07. The third-order valence-corrected chi connectivity index (χ3v) is 3.83. The molecule has 2 aromatic carbocycles. The average Bonchev–Trinajstić information content (AvgIpc) is 2.46. The Balaban J connectivity index is 2.24. The fourth-order valence-electron chi connectivity index (χ4n) is 1.71. The van der Waals surface area contributed by atoms with Crippen molar-refractivity contribution in [2.45, 2.75) is 4.90 Å². The zero-order valence-corrected chi connectivity index (χ0v) is 12.0. The summed E-state index contributed by atoms with van der Waals surface area (Å²) < 4.78 is 0. The lowest BCUT2D eigenvalue weighted by Crippen LogP contribution is -1.96. The molecule has 0 unspecified atom stereocenters. The number of hydrogen-bond donors (Lipinski definition) is 0. The van der Waals surface area contributed by atoms with E-state index in [9.17, 15) is 4.79 Å². The second-order valence-corrected chi connectivity index (χ2v) is 5.17. The summed E-state index contributed by atoms with van der Waals surface area (Å²) >= 11 is 7.61. The normalized spacial score (nSPS) is 10.8. The van der Waals surface area contributed by atoms with Crippen molar-refractivity contribution in [3.8, 4) is 0 Å². The zero-order valence-electron chi connectivity index (χ0n) is 10.5. The predicted molar refractivity (Wildman–Crippen MR) is 83.0 cm³/mol. The highest BCUT2D eigenvalue weighted by molar-refractivity contribution is 7.98. The monoisotopic (exact) mass is 288 g/mol. The lowest BCUT2D eigenvalue weighted by Gasteiger charge is -2.03. The van der Waals surface area contributed by atoms with Gasteiger partial charge in [-0.1, -0.05) is 41.9 Å². The van der Waals surface area contributed by atoms with Crippen molar-refractivity contribution in [3.05, 3.63) is 70.8 Å². The first kappa shape index (κ1) is 13.9. The summed E-state index contributed by atoms with van der Waals surface area (Å²) in [5, 5.41) is 0.643. The number of ketones is 1. The van der Waals surface area contributed by atoms with Crippen LogP contribution in [0.25, 0.3) is 6.08 Å². The summed E-state index contributed by atoms with van der Waals surface area (Å²) in [4.78, 5) is 13.1. The van der Waals surface area contributed by atoms with Gasteiger partial charge in [-0.3, -0.25) is 4.79 Å². The van der Waals surface area contributed by atoms with Gasteiger partial charge in [0.2, 0.25) is 0 Å². The van der Waals surface area contributed by atoms with Crippen LogP contribution in [0, 0.1) is 0 Å². The molecule has 0 saturated heterocycles. The number of hydrogen-bond acceptors (Lipinski definition) is 2. The van der Waals surface area contributed by atoms with Crippen LogP contribution < -0.4 is 0 Å². The fourth-order valence-corrected chi connectivity index (χ4v) is 2.52. The Hall–Kier alpha value is -1.51. The predicted octanol–water partition coefficient (Wildman–Crippen LogP) is 4.96. The highest BCUT2D eigenvalue weighted by atomic mass is 35.5. The van der Waals surface area contributed by atoms with Gasteiger partial charge < -0.3 is 0 Å². The van der Waals surface area contributed by atoms with Crippen molar-refractivity contribution in [1.82, 2.24) is 0 Å². The maximum absolute atomic E-state index is 12.2. The van der Waals surface area contributed by atoms with E-state index in [0.29, 0.717) is 5.02 Å². The van der Waals surface area contributed by atoms with Crippen molar-refractivity contribution < 1.29 is 4.79 Å². The minimum atomic E-state index is -0.00938. The molecule has 3 heteroatoms. The van der Waals surface area contributed by atoms with Crippen LogP contribution in [-0.4, -0.2) is 12.0 Å². The summed E-state index contributed by atoms with van der Waals surface area (Å²) in [5.74, 6) is -0.00938. The van der Waals surface area contributed by atoms with Crippen LogP contribution in [0.3, 0.4) is 0 Å². The quantitative estimate of drug-likeness (QED) is 0.449. The number of allylic oxidation sites excluding steroid dienone is 1. The molecule has 96 valence electrons. The Morgan fingerprint density at radius 3 is 2.53 bits per heavy atom. The van der Waals surface area contributed by atoms with Gasteiger partial charge in [0.05, 0.1) is 0 Å². The molecule has 19 heavy (non-hydrogen) atoms. The molecule has 0 aromatic heterocycles. The summed E-state index contributed by atoms with van der Waals surface area (Å²) in [5.41, 5.74) is 1.57. The van der Waals surface area contributed by atoms with E-state index >= 15 is 0 Å². The van der Waals surface area contributed by atoms with E-state index in [4.69, 9.17) is 11.6 Å². The van der Waals surface area contributed by atoms with E-state index in [1.54, 1.807) is 23.9 Å². The van der Waals surface area contributed by atoms with Crippen molar-refractivity contribution in [2.75, 3.05) is 6.26 Å². The minimum Gasteiger partial charge on any atom is -0.289 e. The largest absolute Gasteiger partial charge is 0.289 e. The maximum Gasteiger partial charge on any atom is 0.186 e. The first-order valence-corrected chi connectivity index (χ1v) is 7.42. The molecule has 0 N–H and O–H groups in total. The Bertz CT molecular complexity index is 620. The number of benzene rings is 2. The SMILES string of the molecule is CSc1ccccc1C(=O)/C=C/c1ccccc1Cl. The Morgan fingerprint density at radius 2 is 1.79 bits per heavy atom. The van der Waals surface area contributed by atoms with Crippen molar-refractivity contribution in [2.24, 2.45) is 0 Å². The van der Waals surface area contributed by atoms with Gasteiger partial charge in [-0.05, 0) is 42.2 Å². The number of carbonyl (C=O) groups excluding carboxylic acids is 1. The third-order valence-electron chi connectivity index (χ3n) is 2.69. The molecule has 2 rings (SSSR count). The molecule has 0 bridgehead atoms. The van der Waals surface area contributed by atoms with Crippen LogP contribution >= 0.6 is 23.4 Å². The number of thioether (sulfide) groups is 1. The minimum absolute atomic E-state index is 0.00938. The van der Waals surface area contributed by atoms with E-state index in [1.165, 1.54) is 0 Å². The first-order chi connectivity index (χ1) is 9.22. The molecule has 0 aliphatic heterocycles. The second-order valence-electron chi connectivity index (χ2n) is 3.92. The summed E-state index contributed by atoms with van der Waals surface area (Å²) in [7, 11) is 0. The molecule has 0 fully saturated rings. The molecule has 0 radical (unpaired) electrons. The standard InChI is InChI=1S/C16H13ClOS/c1-19-16-9-5-3-7-13(16)15(18)11-10-12-6-2-4-8-14(12)17/h2-11H,1H3/b11-10+. The smallest absolute Gasteiger partial charge is 0.186 e. The number of halogens is 1. The summed E-state index contributed by atoms with van der Waals surface area (Å²) in [6, 6.07) is 15.0. The van der Waals surface area contributed by atoms with Gasteiger partial charge in [0.25, 0.3) is 0 Å². The van der Waals surface area contributed by atoms with E-state index in [0.717, 1.165) is 16.0 Å². The zero-order chi connectivity index (χ0) is 13.7. The molecule has 0 saturated carbocycles. The van der Waals surface area contributed by atoms with E-state index in [-0.39, 0.29) is 5.78 Å². The number of carbonyl (C=O) groups is 1. The molecular formula is C16H13ClOS. The van der Waals surface area contributed by atoms with E-state index in [2.05, 4.69) is 0 Å². The van der Waals surface area contributed by atoms with Crippen LogP contribution in [0.1, 0.15) is 15.9 Å². The van der Waals surface area contributed by atoms with Crippen LogP contribution in [0.5, 0.6) is 0 Å². The lowest BCUT2D eigenvalue weighted by atomic mass is 10.1. The van der Waals surface area contributed by atoms with Gasteiger partial charge in [0, 0.05) is 15.5 Å². The first-order valence-electron chi connectivity index (χ1n) is 5.82. The molecule has 1 nitrogen and oxygen atoms in total. The highest BCUT2D eigenvalue weighted by Crippen LogP contribution is 2.21. The molecular weight excluding hydrogens is 276 g/mol. The molecule has 0 amide bonds. The van der Waals surface area contributed by atoms with Gasteiger partial charge >= 0.3 is 0 Å². The van der Waals surface area contributed by atoms with Gasteiger partial charge in [0.15, 0.2) is 5.78 Å². The van der Waals surface area contributed by atoms with Gasteiger partial charge in [-0.2, -0.15) is 0 Å². The molecule has 0 aliphatic rings. The molecule has 0 atom stereocenters. The van der Waals surface area contributed by atoms with Crippen LogP contribution in [-0.2, 0) is 0 Å². The maximum atomic E-state index is 12.2. The molecule has 0 heterocycles. The van der Waals surface area contributed by atoms with Gasteiger partial charge in [-0.15, -0.1) is 11.8 Å². The summed E-state index contributed by atoms with van der Waals surface area (Å²) in [6.45, 7) is 0. The molecule has 2 aromatic rings. The van der Waals surface area contributed by atoms with Crippen LogP contribution in [0.2, 0.25) is 5.02 Å². The van der Waals surface area contributed by atoms with Crippen LogP contribution in [0.15, 0.2) is 59.5 Å². The van der Waals surface area contributed by atoms with Gasteiger partial charge in [-0.25, -0.2) is 0 Å². The van der Waals surface area contributed by atoms with Crippen molar-refractivity contribution in [3.63, 3.8) is 0 Å². The Kier molecular flexibility index (Phi) is 4.83. The Labute approximate surface area is 122 Å². The second kappa shape index (κ2) is 6.60. The average molecular weight is 289 g/mol. The third kappa shape index (κ3) is 3.49. The van der Waals surface area contributed by atoms with E-state index < -0.39 is 0 Å². The number of rotatable bonds is 4. The summed E-state index contributed by atoms with van der Waals surface area (Å²) in [6.07, 6.45) is 5.28. The molecule has 0 spiro atoms. The fraction of sp³-hybridized carbons (Fsp3) is 0.0625. The van der Waals surface area contributed by atoms with Gasteiger partial charge in [0.1, 0.15) is 0 Å². The lowest BCUT2D eigenvalue weighted by molar-refractivity contribution is 0.104.